The molecular formula is C20H23N5O3. The van der Waals surface area contributed by atoms with Crippen LogP contribution in [-0.4, -0.2) is 46.2 Å². The normalized spacial score (nSPS) is 14.8. The fraction of sp³-hybridized carbons (Fsp3) is 0.350. The van der Waals surface area contributed by atoms with E-state index in [9.17, 15) is 4.79 Å². The minimum atomic E-state index is -0.257. The Morgan fingerprint density at radius 1 is 1.36 bits per heavy atom. The molecule has 0 saturated carbocycles. The first-order chi connectivity index (χ1) is 13.7. The van der Waals surface area contributed by atoms with Gasteiger partial charge in [-0.2, -0.15) is 10.2 Å². The molecule has 2 aromatic heterocycles. The molecule has 2 N–H and O–H groups in total. The fourth-order valence-corrected chi connectivity index (χ4v) is 3.29. The first kappa shape index (κ1) is 18.2. The average molecular weight is 381 g/mol. The van der Waals surface area contributed by atoms with E-state index in [-0.39, 0.29) is 5.91 Å². The Labute approximate surface area is 162 Å². The van der Waals surface area contributed by atoms with Crippen molar-refractivity contribution in [2.24, 2.45) is 5.92 Å². The van der Waals surface area contributed by atoms with E-state index in [1.807, 2.05) is 35.1 Å². The van der Waals surface area contributed by atoms with Gasteiger partial charge in [0.2, 0.25) is 0 Å². The molecule has 1 fully saturated rings. The third kappa shape index (κ3) is 4.23. The lowest BCUT2D eigenvalue weighted by molar-refractivity contribution is 0.0601. The molecule has 3 heterocycles. The number of aromatic amines is 1. The van der Waals surface area contributed by atoms with Gasteiger partial charge in [0.15, 0.2) is 0 Å². The zero-order chi connectivity index (χ0) is 19.3. The molecule has 1 aromatic carbocycles. The summed E-state index contributed by atoms with van der Waals surface area (Å²) in [5, 5.41) is 14.2. The maximum atomic E-state index is 12.5. The Balaban J connectivity index is 1.39. The van der Waals surface area contributed by atoms with Crippen LogP contribution in [0.4, 0.5) is 5.69 Å². The summed E-state index contributed by atoms with van der Waals surface area (Å²) < 4.78 is 12.5. The number of hydrogen-bond acceptors (Lipinski definition) is 5. The Bertz CT molecular complexity index is 943. The first-order valence-corrected chi connectivity index (χ1v) is 9.32. The molecule has 0 atom stereocenters. The average Bonchev–Trinajstić information content (AvgIpc) is 3.39. The van der Waals surface area contributed by atoms with E-state index in [0.29, 0.717) is 23.0 Å². The number of ether oxygens (including phenoxy) is 2. The molecule has 3 aromatic rings. The predicted octanol–water partition coefficient (Wildman–Crippen LogP) is 2.96. The van der Waals surface area contributed by atoms with Gasteiger partial charge in [0, 0.05) is 31.5 Å². The Morgan fingerprint density at radius 3 is 3.04 bits per heavy atom. The Morgan fingerprint density at radius 2 is 2.21 bits per heavy atom. The van der Waals surface area contributed by atoms with Gasteiger partial charge in [0.1, 0.15) is 11.4 Å². The van der Waals surface area contributed by atoms with Gasteiger partial charge in [0.25, 0.3) is 5.91 Å². The zero-order valence-corrected chi connectivity index (χ0v) is 15.7. The van der Waals surface area contributed by atoms with E-state index >= 15 is 0 Å². The van der Waals surface area contributed by atoms with Crippen LogP contribution in [0.5, 0.6) is 5.75 Å². The monoisotopic (exact) mass is 381 g/mol. The van der Waals surface area contributed by atoms with E-state index < -0.39 is 0 Å². The van der Waals surface area contributed by atoms with Gasteiger partial charge in [-0.15, -0.1) is 0 Å². The number of H-pyrrole nitrogens is 1. The van der Waals surface area contributed by atoms with E-state index in [2.05, 4.69) is 20.6 Å². The Hall–Kier alpha value is -3.13. The minimum absolute atomic E-state index is 0.257. The lowest BCUT2D eigenvalue weighted by Gasteiger charge is -2.21. The minimum Gasteiger partial charge on any atom is -0.497 e. The van der Waals surface area contributed by atoms with Crippen LogP contribution < -0.4 is 10.1 Å². The van der Waals surface area contributed by atoms with Gasteiger partial charge in [-0.05, 0) is 37.0 Å². The van der Waals surface area contributed by atoms with Crippen LogP contribution >= 0.6 is 0 Å². The van der Waals surface area contributed by atoms with E-state index in [1.54, 1.807) is 19.4 Å². The molecule has 8 nitrogen and oxygen atoms in total. The van der Waals surface area contributed by atoms with Crippen LogP contribution in [0, 0.1) is 5.92 Å². The highest BCUT2D eigenvalue weighted by Crippen LogP contribution is 2.23. The highest BCUT2D eigenvalue weighted by molar-refractivity contribution is 6.03. The molecule has 8 heteroatoms. The fourth-order valence-electron chi connectivity index (χ4n) is 3.29. The number of aromatic nitrogens is 4. The lowest BCUT2D eigenvalue weighted by atomic mass is 10.0. The number of hydrogen-bond donors (Lipinski definition) is 2. The third-order valence-corrected chi connectivity index (χ3v) is 4.87. The van der Waals surface area contributed by atoms with E-state index in [4.69, 9.17) is 9.47 Å². The van der Waals surface area contributed by atoms with Crippen LogP contribution in [0.15, 0.2) is 42.7 Å². The molecule has 146 valence electrons. The highest BCUT2D eigenvalue weighted by Gasteiger charge is 2.16. The van der Waals surface area contributed by atoms with Crippen molar-refractivity contribution < 1.29 is 14.3 Å². The van der Waals surface area contributed by atoms with Crippen LogP contribution in [0.2, 0.25) is 0 Å². The smallest absolute Gasteiger partial charge is 0.273 e. The molecule has 0 spiro atoms. The van der Waals surface area contributed by atoms with Gasteiger partial charge in [-0.3, -0.25) is 14.6 Å². The van der Waals surface area contributed by atoms with Crippen molar-refractivity contribution in [2.75, 3.05) is 25.6 Å². The summed E-state index contributed by atoms with van der Waals surface area (Å²) in [4.78, 5) is 12.5. The molecule has 0 radical (unpaired) electrons. The number of amides is 1. The van der Waals surface area contributed by atoms with Crippen molar-refractivity contribution in [1.82, 2.24) is 20.0 Å². The molecule has 4 rings (SSSR count). The zero-order valence-electron chi connectivity index (χ0n) is 15.7. The number of anilines is 1. The summed E-state index contributed by atoms with van der Waals surface area (Å²) in [5.41, 5.74) is 2.60. The number of carbonyl (C=O) groups excluding carboxylic acids is 1. The quantitative estimate of drug-likeness (QED) is 0.685. The summed E-state index contributed by atoms with van der Waals surface area (Å²) in [7, 11) is 1.62. The standard InChI is InChI=1S/C20H23N5O3/c1-27-17-4-2-3-15(9-17)18-10-19(24-23-18)20(26)22-16-11-21-25(13-16)12-14-5-7-28-8-6-14/h2-4,9-11,13-14H,5-8,12H2,1H3,(H,22,26)(H,23,24). The summed E-state index contributed by atoms with van der Waals surface area (Å²) in [6, 6.07) is 9.26. The number of carbonyl (C=O) groups is 1. The van der Waals surface area contributed by atoms with E-state index in [0.717, 1.165) is 43.9 Å². The van der Waals surface area contributed by atoms with Crippen molar-refractivity contribution in [3.63, 3.8) is 0 Å². The number of nitrogens with one attached hydrogen (secondary N) is 2. The molecule has 1 saturated heterocycles. The van der Waals surface area contributed by atoms with Crippen LogP contribution in [0.1, 0.15) is 23.3 Å². The van der Waals surface area contributed by atoms with Crippen LogP contribution in [0.25, 0.3) is 11.3 Å². The maximum Gasteiger partial charge on any atom is 0.273 e. The SMILES string of the molecule is COc1cccc(-c2cc(C(=O)Nc3cnn(CC4CCOCC4)c3)[nH]n2)c1. The summed E-state index contributed by atoms with van der Waals surface area (Å²) in [6.07, 6.45) is 5.61. The van der Waals surface area contributed by atoms with Gasteiger partial charge in [-0.1, -0.05) is 12.1 Å². The molecule has 28 heavy (non-hydrogen) atoms. The second kappa shape index (κ2) is 8.26. The topological polar surface area (TPSA) is 94.1 Å². The predicted molar refractivity (Wildman–Crippen MR) is 104 cm³/mol. The number of benzene rings is 1. The van der Waals surface area contributed by atoms with E-state index in [1.165, 1.54) is 0 Å². The lowest BCUT2D eigenvalue weighted by Crippen LogP contribution is -2.20. The van der Waals surface area contributed by atoms with Crippen molar-refractivity contribution in [2.45, 2.75) is 19.4 Å². The highest BCUT2D eigenvalue weighted by atomic mass is 16.5. The summed E-state index contributed by atoms with van der Waals surface area (Å²) in [6.45, 7) is 2.46. The van der Waals surface area contributed by atoms with Crippen LogP contribution in [0.3, 0.4) is 0 Å². The number of rotatable bonds is 6. The van der Waals surface area contributed by atoms with Crippen molar-refractivity contribution in [3.05, 3.63) is 48.4 Å². The van der Waals surface area contributed by atoms with Crippen molar-refractivity contribution in [1.29, 1.82) is 0 Å². The summed E-state index contributed by atoms with van der Waals surface area (Å²) in [5.74, 6) is 1.05. The second-order valence-corrected chi connectivity index (χ2v) is 6.86. The molecule has 0 bridgehead atoms. The third-order valence-electron chi connectivity index (χ3n) is 4.87. The molecule has 1 aliphatic rings. The Kier molecular flexibility index (Phi) is 5.38. The maximum absolute atomic E-state index is 12.5. The first-order valence-electron chi connectivity index (χ1n) is 9.32. The molecular weight excluding hydrogens is 358 g/mol. The summed E-state index contributed by atoms with van der Waals surface area (Å²) >= 11 is 0. The molecule has 0 unspecified atom stereocenters. The molecule has 0 aliphatic carbocycles. The number of nitrogens with zero attached hydrogens (tertiary/aromatic N) is 3. The van der Waals surface area contributed by atoms with Gasteiger partial charge < -0.3 is 14.8 Å². The molecule has 1 aliphatic heterocycles. The van der Waals surface area contributed by atoms with Crippen molar-refractivity contribution >= 4 is 11.6 Å². The van der Waals surface area contributed by atoms with Crippen LogP contribution in [-0.2, 0) is 11.3 Å². The van der Waals surface area contributed by atoms with Gasteiger partial charge in [-0.25, -0.2) is 0 Å². The number of methoxy groups -OCH3 is 1. The molecule has 1 amide bonds. The largest absolute Gasteiger partial charge is 0.497 e. The van der Waals surface area contributed by atoms with Crippen molar-refractivity contribution in [3.8, 4) is 17.0 Å². The van der Waals surface area contributed by atoms with Gasteiger partial charge in [0.05, 0.1) is 24.7 Å². The van der Waals surface area contributed by atoms with Gasteiger partial charge >= 0.3 is 0 Å². The second-order valence-electron chi connectivity index (χ2n) is 6.86.